The van der Waals surface area contributed by atoms with Gasteiger partial charge in [0.2, 0.25) is 5.76 Å². The number of amides is 1. The van der Waals surface area contributed by atoms with Crippen LogP contribution in [-0.2, 0) is 16.1 Å². The van der Waals surface area contributed by atoms with Crippen molar-refractivity contribution in [3.05, 3.63) is 63.8 Å². The van der Waals surface area contributed by atoms with Crippen molar-refractivity contribution in [2.45, 2.75) is 13.5 Å². The van der Waals surface area contributed by atoms with Gasteiger partial charge in [0.15, 0.2) is 6.61 Å². The number of benzene rings is 2. The van der Waals surface area contributed by atoms with E-state index >= 15 is 0 Å². The summed E-state index contributed by atoms with van der Waals surface area (Å²) in [5, 5.41) is 3.52. The Bertz CT molecular complexity index is 995. The summed E-state index contributed by atoms with van der Waals surface area (Å²) in [6.45, 7) is 1.70. The topological polar surface area (TPSA) is 77.8 Å². The van der Waals surface area contributed by atoms with Gasteiger partial charge in [0, 0.05) is 22.0 Å². The number of carbonyl (C=O) groups excluding carboxylic acids is 2. The van der Waals surface area contributed by atoms with Crippen molar-refractivity contribution in [2.75, 3.05) is 13.7 Å². The van der Waals surface area contributed by atoms with E-state index in [9.17, 15) is 9.59 Å². The number of furan rings is 1. The number of halogens is 1. The van der Waals surface area contributed by atoms with Gasteiger partial charge in [-0.05, 0) is 42.8 Å². The zero-order valence-electron chi connectivity index (χ0n) is 14.9. The van der Waals surface area contributed by atoms with E-state index in [1.165, 1.54) is 0 Å². The number of methoxy groups -OCH3 is 1. The molecule has 0 saturated carbocycles. The van der Waals surface area contributed by atoms with E-state index in [2.05, 4.69) is 21.2 Å². The average Bonchev–Trinajstić information content (AvgIpc) is 3.01. The van der Waals surface area contributed by atoms with E-state index in [1.54, 1.807) is 20.1 Å². The van der Waals surface area contributed by atoms with Gasteiger partial charge in [-0.25, -0.2) is 4.79 Å². The first kappa shape index (κ1) is 19.0. The van der Waals surface area contributed by atoms with Gasteiger partial charge < -0.3 is 19.2 Å². The molecule has 0 aliphatic rings. The van der Waals surface area contributed by atoms with Crippen LogP contribution in [0.3, 0.4) is 0 Å². The number of hydrogen-bond donors (Lipinski definition) is 1. The minimum Gasteiger partial charge on any atom is -0.497 e. The number of carbonyl (C=O) groups is 2. The SMILES string of the molecule is COc1cccc(CNC(=O)COC(=O)c2oc3ccc(Br)cc3c2C)c1. The lowest BCUT2D eigenvalue weighted by molar-refractivity contribution is -0.124. The molecule has 0 radical (unpaired) electrons. The zero-order chi connectivity index (χ0) is 19.4. The van der Waals surface area contributed by atoms with E-state index in [0.717, 1.165) is 15.4 Å². The number of hydrogen-bond acceptors (Lipinski definition) is 5. The molecule has 1 aromatic heterocycles. The van der Waals surface area contributed by atoms with Gasteiger partial charge in [0.25, 0.3) is 5.91 Å². The van der Waals surface area contributed by atoms with E-state index in [1.807, 2.05) is 36.4 Å². The van der Waals surface area contributed by atoms with Gasteiger partial charge in [0.1, 0.15) is 11.3 Å². The molecule has 0 aliphatic heterocycles. The smallest absolute Gasteiger partial charge is 0.375 e. The van der Waals surface area contributed by atoms with Crippen LogP contribution in [-0.4, -0.2) is 25.6 Å². The first-order valence-electron chi connectivity index (χ1n) is 8.23. The highest BCUT2D eigenvalue weighted by molar-refractivity contribution is 9.10. The molecular formula is C20H18BrNO5. The van der Waals surface area contributed by atoms with Crippen molar-refractivity contribution >= 4 is 38.8 Å². The fraction of sp³-hybridized carbons (Fsp3) is 0.200. The van der Waals surface area contributed by atoms with Crippen molar-refractivity contribution in [1.29, 1.82) is 0 Å². The molecule has 0 atom stereocenters. The highest BCUT2D eigenvalue weighted by Gasteiger charge is 2.20. The summed E-state index contributed by atoms with van der Waals surface area (Å²) < 4.78 is 16.7. The molecule has 1 N–H and O–H groups in total. The predicted molar refractivity (Wildman–Crippen MR) is 104 cm³/mol. The van der Waals surface area contributed by atoms with Gasteiger partial charge in [-0.15, -0.1) is 0 Å². The van der Waals surface area contributed by atoms with Crippen LogP contribution in [0.2, 0.25) is 0 Å². The van der Waals surface area contributed by atoms with Crippen LogP contribution in [0.15, 0.2) is 51.4 Å². The van der Waals surface area contributed by atoms with Crippen LogP contribution >= 0.6 is 15.9 Å². The fourth-order valence-electron chi connectivity index (χ4n) is 2.62. The Labute approximate surface area is 164 Å². The molecule has 2 aromatic carbocycles. The Balaban J connectivity index is 1.57. The second-order valence-corrected chi connectivity index (χ2v) is 6.82. The standard InChI is InChI=1S/C20H18BrNO5/c1-12-16-9-14(21)6-7-17(16)27-19(12)20(24)26-11-18(23)22-10-13-4-3-5-15(8-13)25-2/h3-9H,10-11H2,1-2H3,(H,22,23). The maximum Gasteiger partial charge on any atom is 0.375 e. The van der Waals surface area contributed by atoms with E-state index in [0.29, 0.717) is 23.4 Å². The molecule has 0 fully saturated rings. The summed E-state index contributed by atoms with van der Waals surface area (Å²) in [7, 11) is 1.58. The molecule has 6 nitrogen and oxygen atoms in total. The minimum absolute atomic E-state index is 0.101. The summed E-state index contributed by atoms with van der Waals surface area (Å²) in [4.78, 5) is 24.2. The molecule has 140 valence electrons. The highest BCUT2D eigenvalue weighted by Crippen LogP contribution is 2.28. The molecule has 7 heteroatoms. The Hall–Kier alpha value is -2.80. The van der Waals surface area contributed by atoms with Crippen LogP contribution in [0.1, 0.15) is 21.7 Å². The van der Waals surface area contributed by atoms with Crippen molar-refractivity contribution in [2.24, 2.45) is 0 Å². The zero-order valence-corrected chi connectivity index (χ0v) is 16.5. The van der Waals surface area contributed by atoms with Gasteiger partial charge in [-0.3, -0.25) is 4.79 Å². The first-order valence-corrected chi connectivity index (χ1v) is 9.02. The molecular weight excluding hydrogens is 414 g/mol. The highest BCUT2D eigenvalue weighted by atomic mass is 79.9. The largest absolute Gasteiger partial charge is 0.497 e. The molecule has 0 bridgehead atoms. The summed E-state index contributed by atoms with van der Waals surface area (Å²) in [6.07, 6.45) is 0. The Morgan fingerprint density at radius 3 is 2.78 bits per heavy atom. The normalized spacial score (nSPS) is 10.6. The van der Waals surface area contributed by atoms with Gasteiger partial charge in [-0.2, -0.15) is 0 Å². The maximum absolute atomic E-state index is 12.3. The third-order valence-electron chi connectivity index (χ3n) is 4.04. The minimum atomic E-state index is -0.670. The molecule has 27 heavy (non-hydrogen) atoms. The molecule has 1 amide bonds. The Morgan fingerprint density at radius 2 is 2.00 bits per heavy atom. The predicted octanol–water partition coefficient (Wildman–Crippen LogP) is 3.99. The van der Waals surface area contributed by atoms with Crippen molar-refractivity contribution in [1.82, 2.24) is 5.32 Å². The maximum atomic E-state index is 12.3. The number of fused-ring (bicyclic) bond motifs is 1. The molecule has 3 rings (SSSR count). The second-order valence-electron chi connectivity index (χ2n) is 5.90. The summed E-state index contributed by atoms with van der Waals surface area (Å²) >= 11 is 3.39. The fourth-order valence-corrected chi connectivity index (χ4v) is 2.98. The van der Waals surface area contributed by atoms with Crippen molar-refractivity contribution in [3.8, 4) is 5.75 Å². The summed E-state index contributed by atoms with van der Waals surface area (Å²) in [6, 6.07) is 12.8. The third-order valence-corrected chi connectivity index (χ3v) is 4.54. The van der Waals surface area contributed by atoms with Crippen LogP contribution in [0.5, 0.6) is 5.75 Å². The van der Waals surface area contributed by atoms with Crippen molar-refractivity contribution < 1.29 is 23.5 Å². The van der Waals surface area contributed by atoms with E-state index < -0.39 is 11.9 Å². The first-order chi connectivity index (χ1) is 13.0. The monoisotopic (exact) mass is 431 g/mol. The van der Waals surface area contributed by atoms with Crippen LogP contribution in [0, 0.1) is 6.92 Å². The van der Waals surface area contributed by atoms with E-state index in [-0.39, 0.29) is 12.4 Å². The van der Waals surface area contributed by atoms with Gasteiger partial charge >= 0.3 is 5.97 Å². The van der Waals surface area contributed by atoms with Crippen LogP contribution < -0.4 is 10.1 Å². The van der Waals surface area contributed by atoms with Gasteiger partial charge in [-0.1, -0.05) is 28.1 Å². The lowest BCUT2D eigenvalue weighted by Crippen LogP contribution is -2.28. The lowest BCUT2D eigenvalue weighted by atomic mass is 10.1. The number of nitrogens with one attached hydrogen (secondary N) is 1. The molecule has 0 aliphatic carbocycles. The quantitative estimate of drug-likeness (QED) is 0.597. The molecule has 0 spiro atoms. The number of esters is 1. The van der Waals surface area contributed by atoms with Crippen LogP contribution in [0.4, 0.5) is 0 Å². The molecule has 0 saturated heterocycles. The summed E-state index contributed by atoms with van der Waals surface area (Å²) in [5.74, 6) is -0.261. The summed E-state index contributed by atoms with van der Waals surface area (Å²) in [5.41, 5.74) is 2.14. The van der Waals surface area contributed by atoms with Crippen molar-refractivity contribution in [3.63, 3.8) is 0 Å². The number of rotatable bonds is 6. The Morgan fingerprint density at radius 1 is 1.19 bits per heavy atom. The Kier molecular flexibility index (Phi) is 5.81. The van der Waals surface area contributed by atoms with Gasteiger partial charge in [0.05, 0.1) is 7.11 Å². The lowest BCUT2D eigenvalue weighted by Gasteiger charge is -2.07. The average molecular weight is 432 g/mol. The molecule has 0 unspecified atom stereocenters. The number of ether oxygens (including phenoxy) is 2. The third kappa shape index (κ3) is 4.49. The van der Waals surface area contributed by atoms with E-state index in [4.69, 9.17) is 13.9 Å². The second kappa shape index (κ2) is 8.26. The van der Waals surface area contributed by atoms with Crippen LogP contribution in [0.25, 0.3) is 11.0 Å². The molecule has 3 aromatic rings. The molecule has 1 heterocycles. The number of aryl methyl sites for hydroxylation is 1.